The molecule has 112 valence electrons. The molecule has 1 aromatic rings. The minimum Gasteiger partial charge on any atom is -0.481 e. The highest BCUT2D eigenvalue weighted by molar-refractivity contribution is 5.95. The number of carboxylic acids is 1. The summed E-state index contributed by atoms with van der Waals surface area (Å²) in [5.41, 5.74) is 2.57. The molecule has 1 saturated heterocycles. The van der Waals surface area contributed by atoms with Gasteiger partial charge in [0.25, 0.3) is 5.91 Å². The Labute approximate surface area is 124 Å². The molecule has 0 radical (unpaired) electrons. The van der Waals surface area contributed by atoms with Crippen molar-refractivity contribution in [3.05, 3.63) is 34.9 Å². The third-order valence-electron chi connectivity index (χ3n) is 5.12. The lowest BCUT2D eigenvalue weighted by molar-refractivity contribution is -0.148. The normalized spacial score (nSPS) is 24.1. The Hall–Kier alpha value is -1.84. The smallest absolute Gasteiger partial charge is 0.311 e. The Balaban J connectivity index is 1.79. The molecule has 1 aliphatic carbocycles. The minimum absolute atomic E-state index is 0.0266. The van der Waals surface area contributed by atoms with Crippen LogP contribution in [0.15, 0.2) is 18.2 Å². The van der Waals surface area contributed by atoms with Gasteiger partial charge in [0.05, 0.1) is 5.41 Å². The molecular formula is C17H21NO3. The fourth-order valence-corrected chi connectivity index (χ4v) is 3.55. The van der Waals surface area contributed by atoms with Crippen LogP contribution in [-0.4, -0.2) is 35.0 Å². The van der Waals surface area contributed by atoms with Crippen LogP contribution in [0.5, 0.6) is 0 Å². The Kier molecular flexibility index (Phi) is 3.47. The van der Waals surface area contributed by atoms with Crippen molar-refractivity contribution >= 4 is 11.9 Å². The highest BCUT2D eigenvalue weighted by Crippen LogP contribution is 2.35. The van der Waals surface area contributed by atoms with Crippen LogP contribution in [0.1, 0.15) is 47.7 Å². The van der Waals surface area contributed by atoms with Gasteiger partial charge in [-0.2, -0.15) is 0 Å². The van der Waals surface area contributed by atoms with Crippen LogP contribution in [0, 0.1) is 5.41 Å². The molecule has 1 aliphatic heterocycles. The fourth-order valence-electron chi connectivity index (χ4n) is 3.55. The van der Waals surface area contributed by atoms with Crippen LogP contribution < -0.4 is 0 Å². The number of aryl methyl sites for hydroxylation is 2. The SMILES string of the molecule is CCC1(C(=O)O)CCN(C(=O)c2ccc3c(c2)CCC3)C1. The van der Waals surface area contributed by atoms with Crippen LogP contribution in [0.3, 0.4) is 0 Å². The first-order chi connectivity index (χ1) is 10.1. The number of fused-ring (bicyclic) bond motifs is 1. The maximum absolute atomic E-state index is 12.6. The molecule has 2 aliphatic rings. The van der Waals surface area contributed by atoms with Crippen molar-refractivity contribution in [2.75, 3.05) is 13.1 Å². The second kappa shape index (κ2) is 5.17. The number of rotatable bonds is 3. The molecule has 0 spiro atoms. The monoisotopic (exact) mass is 287 g/mol. The number of nitrogens with zero attached hydrogens (tertiary/aromatic N) is 1. The van der Waals surface area contributed by atoms with E-state index in [9.17, 15) is 14.7 Å². The summed E-state index contributed by atoms with van der Waals surface area (Å²) in [7, 11) is 0. The molecule has 1 N–H and O–H groups in total. The van der Waals surface area contributed by atoms with Crippen molar-refractivity contribution in [2.24, 2.45) is 5.41 Å². The summed E-state index contributed by atoms with van der Waals surface area (Å²) < 4.78 is 0. The summed E-state index contributed by atoms with van der Waals surface area (Å²) in [6.45, 7) is 2.75. The molecule has 4 heteroatoms. The zero-order chi connectivity index (χ0) is 15.0. The number of amides is 1. The zero-order valence-corrected chi connectivity index (χ0v) is 12.4. The Morgan fingerprint density at radius 2 is 2.05 bits per heavy atom. The summed E-state index contributed by atoms with van der Waals surface area (Å²) >= 11 is 0. The summed E-state index contributed by atoms with van der Waals surface area (Å²) in [5, 5.41) is 9.42. The molecule has 3 rings (SSSR count). The van der Waals surface area contributed by atoms with E-state index in [2.05, 4.69) is 6.07 Å². The average Bonchev–Trinajstić information content (AvgIpc) is 3.13. The van der Waals surface area contributed by atoms with Crippen LogP contribution in [-0.2, 0) is 17.6 Å². The minimum atomic E-state index is -0.783. The molecule has 1 heterocycles. The van der Waals surface area contributed by atoms with E-state index in [1.54, 1.807) is 4.90 Å². The molecule has 21 heavy (non-hydrogen) atoms. The van der Waals surface area contributed by atoms with E-state index >= 15 is 0 Å². The second-order valence-electron chi connectivity index (χ2n) is 6.25. The van der Waals surface area contributed by atoms with Crippen LogP contribution in [0.25, 0.3) is 0 Å². The zero-order valence-electron chi connectivity index (χ0n) is 12.4. The van der Waals surface area contributed by atoms with Crippen LogP contribution in [0.2, 0.25) is 0 Å². The third kappa shape index (κ3) is 2.33. The standard InChI is InChI=1S/C17H21NO3/c1-2-17(16(20)21)8-9-18(11-17)15(19)14-7-6-12-4-3-5-13(12)10-14/h6-7,10H,2-5,8-9,11H2,1H3,(H,20,21). The topological polar surface area (TPSA) is 57.6 Å². The molecule has 1 amide bonds. The van der Waals surface area contributed by atoms with E-state index in [4.69, 9.17) is 0 Å². The van der Waals surface area contributed by atoms with Crippen LogP contribution in [0.4, 0.5) is 0 Å². The first-order valence-electron chi connectivity index (χ1n) is 7.70. The largest absolute Gasteiger partial charge is 0.481 e. The molecule has 1 aromatic carbocycles. The summed E-state index contributed by atoms with van der Waals surface area (Å²) in [6, 6.07) is 5.94. The van der Waals surface area contributed by atoms with Gasteiger partial charge in [-0.3, -0.25) is 9.59 Å². The van der Waals surface area contributed by atoms with E-state index in [0.29, 0.717) is 31.5 Å². The maximum atomic E-state index is 12.6. The molecule has 0 aromatic heterocycles. The van der Waals surface area contributed by atoms with Crippen molar-refractivity contribution in [1.29, 1.82) is 0 Å². The number of carbonyl (C=O) groups is 2. The van der Waals surface area contributed by atoms with Gasteiger partial charge in [-0.25, -0.2) is 0 Å². The number of aliphatic carboxylic acids is 1. The van der Waals surface area contributed by atoms with Crippen molar-refractivity contribution in [3.8, 4) is 0 Å². The lowest BCUT2D eigenvalue weighted by Gasteiger charge is -2.23. The van der Waals surface area contributed by atoms with Gasteiger partial charge < -0.3 is 10.0 Å². The van der Waals surface area contributed by atoms with Crippen molar-refractivity contribution in [1.82, 2.24) is 4.90 Å². The maximum Gasteiger partial charge on any atom is 0.311 e. The lowest BCUT2D eigenvalue weighted by Crippen LogP contribution is -2.36. The van der Waals surface area contributed by atoms with E-state index in [1.807, 2.05) is 19.1 Å². The van der Waals surface area contributed by atoms with Gasteiger partial charge >= 0.3 is 5.97 Å². The summed E-state index contributed by atoms with van der Waals surface area (Å²) in [5.74, 6) is -0.810. The number of likely N-dealkylation sites (tertiary alicyclic amines) is 1. The summed E-state index contributed by atoms with van der Waals surface area (Å²) in [4.78, 5) is 25.8. The highest BCUT2D eigenvalue weighted by Gasteiger charge is 2.44. The molecular weight excluding hydrogens is 266 g/mol. The molecule has 0 bridgehead atoms. The number of hydrogen-bond acceptors (Lipinski definition) is 2. The van der Waals surface area contributed by atoms with Crippen molar-refractivity contribution < 1.29 is 14.7 Å². The average molecular weight is 287 g/mol. The second-order valence-corrected chi connectivity index (χ2v) is 6.25. The molecule has 1 atom stereocenters. The van der Waals surface area contributed by atoms with Crippen LogP contribution >= 0.6 is 0 Å². The summed E-state index contributed by atoms with van der Waals surface area (Å²) in [6.07, 6.45) is 4.43. The van der Waals surface area contributed by atoms with E-state index in [-0.39, 0.29) is 5.91 Å². The van der Waals surface area contributed by atoms with Gasteiger partial charge in [-0.05, 0) is 55.4 Å². The first kappa shape index (κ1) is 14.1. The van der Waals surface area contributed by atoms with Gasteiger partial charge in [0.15, 0.2) is 0 Å². The lowest BCUT2D eigenvalue weighted by atomic mass is 9.84. The van der Waals surface area contributed by atoms with Gasteiger partial charge in [0.2, 0.25) is 0 Å². The first-order valence-corrected chi connectivity index (χ1v) is 7.70. The number of carbonyl (C=O) groups excluding carboxylic acids is 1. The van der Waals surface area contributed by atoms with Crippen molar-refractivity contribution in [2.45, 2.75) is 39.0 Å². The Bertz CT molecular complexity index is 596. The predicted molar refractivity (Wildman–Crippen MR) is 79.3 cm³/mol. The highest BCUT2D eigenvalue weighted by atomic mass is 16.4. The van der Waals surface area contributed by atoms with Gasteiger partial charge in [0, 0.05) is 18.7 Å². The van der Waals surface area contributed by atoms with E-state index < -0.39 is 11.4 Å². The van der Waals surface area contributed by atoms with Crippen molar-refractivity contribution in [3.63, 3.8) is 0 Å². The van der Waals surface area contributed by atoms with E-state index in [0.717, 1.165) is 19.3 Å². The van der Waals surface area contributed by atoms with Gasteiger partial charge in [-0.15, -0.1) is 0 Å². The number of hydrogen-bond donors (Lipinski definition) is 1. The molecule has 0 saturated carbocycles. The van der Waals surface area contributed by atoms with E-state index in [1.165, 1.54) is 11.1 Å². The number of carboxylic acid groups (broad SMARTS) is 1. The Morgan fingerprint density at radius 3 is 2.71 bits per heavy atom. The quantitative estimate of drug-likeness (QED) is 0.929. The molecule has 4 nitrogen and oxygen atoms in total. The van der Waals surface area contributed by atoms with Gasteiger partial charge in [-0.1, -0.05) is 13.0 Å². The molecule has 1 unspecified atom stereocenters. The predicted octanol–water partition coefficient (Wildman–Crippen LogP) is 2.50. The molecule has 1 fully saturated rings. The third-order valence-corrected chi connectivity index (χ3v) is 5.12. The Morgan fingerprint density at radius 1 is 1.29 bits per heavy atom. The van der Waals surface area contributed by atoms with Gasteiger partial charge in [0.1, 0.15) is 0 Å². The fraction of sp³-hybridized carbons (Fsp3) is 0.529. The number of benzene rings is 1.